The number of amides is 2. The first-order valence-electron chi connectivity index (χ1n) is 13.3. The monoisotopic (exact) mass is 523 g/mol. The first kappa shape index (κ1) is 29.2. The number of Topliss-reactive ketones (excluding diaryl/α,β-unsaturated/α-hetero) is 1. The van der Waals surface area contributed by atoms with E-state index in [1.807, 2.05) is 69.3 Å². The predicted octanol–water partition coefficient (Wildman–Crippen LogP) is 6.80. The summed E-state index contributed by atoms with van der Waals surface area (Å²) in [6.45, 7) is 9.74. The molecule has 3 rings (SSSR count). The number of nitrogens with one attached hydrogen (secondary N) is 1. The van der Waals surface area contributed by atoms with E-state index in [9.17, 15) is 14.4 Å². The summed E-state index contributed by atoms with van der Waals surface area (Å²) in [5.41, 5.74) is 3.37. The molecule has 0 aliphatic carbocycles. The third kappa shape index (κ3) is 8.60. The normalized spacial score (nSPS) is 12.3. The number of anilines is 1. The quantitative estimate of drug-likeness (QED) is 0.170. The summed E-state index contributed by atoms with van der Waals surface area (Å²) in [6.07, 6.45) is 5.91. The summed E-state index contributed by atoms with van der Waals surface area (Å²) in [7, 11) is 0. The van der Waals surface area contributed by atoms with Gasteiger partial charge in [-0.25, -0.2) is 0 Å². The summed E-state index contributed by atoms with van der Waals surface area (Å²) in [6, 6.07) is 20.9. The molecule has 0 aliphatic heterocycles. The molecule has 0 aliphatic rings. The van der Waals surface area contributed by atoms with E-state index in [0.717, 1.165) is 22.8 Å². The van der Waals surface area contributed by atoms with Crippen LogP contribution in [-0.4, -0.2) is 29.4 Å². The van der Waals surface area contributed by atoms with Crippen LogP contribution in [0.5, 0.6) is 0 Å². The van der Waals surface area contributed by atoms with Crippen LogP contribution in [0.3, 0.4) is 0 Å². The van der Waals surface area contributed by atoms with Gasteiger partial charge in [0.1, 0.15) is 0 Å². The van der Waals surface area contributed by atoms with Crippen molar-refractivity contribution in [2.75, 3.05) is 4.90 Å². The van der Waals surface area contributed by atoms with Crippen molar-refractivity contribution in [3.63, 3.8) is 0 Å². The minimum atomic E-state index is -0.366. The van der Waals surface area contributed by atoms with Gasteiger partial charge in [0, 0.05) is 23.5 Å². The van der Waals surface area contributed by atoms with Gasteiger partial charge in [-0.2, -0.15) is 0 Å². The molecule has 0 radical (unpaired) electrons. The summed E-state index contributed by atoms with van der Waals surface area (Å²) < 4.78 is 0. The molecule has 0 unspecified atom stereocenters. The second-order valence-electron chi connectivity index (χ2n) is 9.86. The zero-order valence-electron chi connectivity index (χ0n) is 23.4. The topological polar surface area (TPSA) is 78.8 Å². The Kier molecular flexibility index (Phi) is 10.5. The Labute approximate surface area is 231 Å². The lowest BCUT2D eigenvalue weighted by Gasteiger charge is -2.24. The van der Waals surface area contributed by atoms with E-state index in [-0.39, 0.29) is 42.3 Å². The molecule has 0 atom stereocenters. The van der Waals surface area contributed by atoms with E-state index in [2.05, 4.69) is 17.2 Å². The minimum Gasteiger partial charge on any atom is -0.350 e. The number of nitrogens with zero attached hydrogens (tertiary/aromatic N) is 2. The molecule has 3 aromatic carbocycles. The van der Waals surface area contributed by atoms with Crippen molar-refractivity contribution >= 4 is 39.8 Å². The van der Waals surface area contributed by atoms with Crippen LogP contribution in [0.2, 0.25) is 0 Å². The lowest BCUT2D eigenvalue weighted by atomic mass is 10.1. The van der Waals surface area contributed by atoms with Gasteiger partial charge in [-0.3, -0.25) is 19.4 Å². The molecular formula is C33H37N3O3. The molecule has 0 fully saturated rings. The second-order valence-corrected chi connectivity index (χ2v) is 9.86. The van der Waals surface area contributed by atoms with Crippen molar-refractivity contribution in [2.24, 2.45) is 4.99 Å². The zero-order valence-corrected chi connectivity index (χ0v) is 23.4. The van der Waals surface area contributed by atoms with E-state index >= 15 is 0 Å². The third-order valence-corrected chi connectivity index (χ3v) is 6.30. The number of ketones is 1. The first-order valence-corrected chi connectivity index (χ1v) is 13.3. The Hall–Kier alpha value is -4.32. The number of benzene rings is 3. The molecule has 6 nitrogen and oxygen atoms in total. The first-order chi connectivity index (χ1) is 18.7. The SMILES string of the molecule is CC/C(C)=C/C=C\N=C(C)C(=O)CC(=O)N(Cc1ccc2ccccc2c1)c1cccc(C(=O)NC(C)C)c1. The number of aliphatic imine (C=N–C) groups is 1. The van der Waals surface area contributed by atoms with Crippen molar-refractivity contribution in [2.45, 2.75) is 60.0 Å². The molecule has 0 bridgehead atoms. The van der Waals surface area contributed by atoms with E-state index in [0.29, 0.717) is 11.3 Å². The van der Waals surface area contributed by atoms with E-state index in [1.165, 1.54) is 5.57 Å². The number of hydrogen-bond donors (Lipinski definition) is 1. The average Bonchev–Trinajstić information content (AvgIpc) is 2.93. The van der Waals surface area contributed by atoms with Crippen molar-refractivity contribution in [3.05, 3.63) is 102 Å². The van der Waals surface area contributed by atoms with Gasteiger partial charge in [-0.05, 0) is 80.8 Å². The molecule has 1 N–H and O–H groups in total. The van der Waals surface area contributed by atoms with Gasteiger partial charge < -0.3 is 10.2 Å². The highest BCUT2D eigenvalue weighted by Crippen LogP contribution is 2.23. The molecule has 0 saturated carbocycles. The molecule has 6 heteroatoms. The van der Waals surface area contributed by atoms with Crippen molar-refractivity contribution in [1.29, 1.82) is 0 Å². The molecule has 202 valence electrons. The van der Waals surface area contributed by atoms with Gasteiger partial charge in [0.2, 0.25) is 5.91 Å². The van der Waals surface area contributed by atoms with Gasteiger partial charge in [0.05, 0.1) is 18.7 Å². The molecular weight excluding hydrogens is 486 g/mol. The highest BCUT2D eigenvalue weighted by atomic mass is 16.2. The van der Waals surface area contributed by atoms with Crippen molar-refractivity contribution in [3.8, 4) is 0 Å². The molecule has 3 aromatic rings. The Morgan fingerprint density at radius 1 is 0.949 bits per heavy atom. The van der Waals surface area contributed by atoms with Crippen LogP contribution in [0, 0.1) is 0 Å². The zero-order chi connectivity index (χ0) is 28.4. The molecule has 0 saturated heterocycles. The summed E-state index contributed by atoms with van der Waals surface area (Å²) in [4.78, 5) is 44.9. The smallest absolute Gasteiger partial charge is 0.251 e. The third-order valence-electron chi connectivity index (χ3n) is 6.30. The van der Waals surface area contributed by atoms with E-state index in [4.69, 9.17) is 0 Å². The Balaban J connectivity index is 1.89. The number of carbonyl (C=O) groups is 3. The van der Waals surface area contributed by atoms with Gasteiger partial charge >= 0.3 is 0 Å². The molecule has 0 aromatic heterocycles. The summed E-state index contributed by atoms with van der Waals surface area (Å²) in [5.74, 6) is -0.934. The predicted molar refractivity (Wildman–Crippen MR) is 160 cm³/mol. The second kappa shape index (κ2) is 14.0. The van der Waals surface area contributed by atoms with Crippen molar-refractivity contribution < 1.29 is 14.4 Å². The largest absolute Gasteiger partial charge is 0.350 e. The Morgan fingerprint density at radius 3 is 2.41 bits per heavy atom. The van der Waals surface area contributed by atoms with Crippen LogP contribution < -0.4 is 10.2 Å². The maximum absolute atomic E-state index is 13.6. The van der Waals surface area contributed by atoms with E-state index in [1.54, 1.807) is 48.4 Å². The highest BCUT2D eigenvalue weighted by molar-refractivity contribution is 6.42. The van der Waals surface area contributed by atoms with Gasteiger partial charge in [-0.15, -0.1) is 0 Å². The fourth-order valence-electron chi connectivity index (χ4n) is 3.92. The number of rotatable bonds is 11. The lowest BCUT2D eigenvalue weighted by Crippen LogP contribution is -2.34. The van der Waals surface area contributed by atoms with Gasteiger partial charge in [0.15, 0.2) is 5.78 Å². The minimum absolute atomic E-state index is 0.0215. The molecule has 39 heavy (non-hydrogen) atoms. The molecule has 2 amide bonds. The number of allylic oxidation sites excluding steroid dienone is 3. The lowest BCUT2D eigenvalue weighted by molar-refractivity contribution is -0.123. The van der Waals surface area contributed by atoms with Crippen LogP contribution in [0.15, 0.2) is 95.6 Å². The number of carbonyl (C=O) groups excluding carboxylic acids is 3. The summed E-state index contributed by atoms with van der Waals surface area (Å²) >= 11 is 0. The van der Waals surface area contributed by atoms with Crippen LogP contribution in [-0.2, 0) is 16.1 Å². The molecule has 0 heterocycles. The van der Waals surface area contributed by atoms with Crippen LogP contribution in [0.4, 0.5) is 5.69 Å². The Bertz CT molecular complexity index is 1430. The van der Waals surface area contributed by atoms with Crippen molar-refractivity contribution in [1.82, 2.24) is 5.32 Å². The fourth-order valence-corrected chi connectivity index (χ4v) is 3.92. The number of hydrogen-bond acceptors (Lipinski definition) is 4. The Morgan fingerprint density at radius 2 is 1.69 bits per heavy atom. The van der Waals surface area contributed by atoms with E-state index < -0.39 is 0 Å². The van der Waals surface area contributed by atoms with Crippen LogP contribution >= 0.6 is 0 Å². The van der Waals surface area contributed by atoms with Gasteiger partial charge in [0.25, 0.3) is 5.91 Å². The molecule has 0 spiro atoms. The standard InChI is InChI=1S/C33H37N3O3/c1-6-24(4)11-10-18-34-25(5)31(37)21-32(38)36(22-26-16-17-27-12-7-8-13-28(27)19-26)30-15-9-14-29(20-30)33(39)35-23(2)3/h7-20,23H,6,21-22H2,1-5H3,(H,35,39)/b18-10-,24-11+,34-25?. The fraction of sp³-hybridized carbons (Fsp3) is 0.273. The van der Waals surface area contributed by atoms with Gasteiger partial charge in [-0.1, -0.05) is 61.0 Å². The average molecular weight is 524 g/mol. The van der Waals surface area contributed by atoms with Crippen LogP contribution in [0.1, 0.15) is 63.4 Å². The maximum atomic E-state index is 13.6. The number of fused-ring (bicyclic) bond motifs is 1. The van der Waals surface area contributed by atoms with Crippen LogP contribution in [0.25, 0.3) is 10.8 Å². The highest BCUT2D eigenvalue weighted by Gasteiger charge is 2.22. The summed E-state index contributed by atoms with van der Waals surface area (Å²) in [5, 5.41) is 5.05. The maximum Gasteiger partial charge on any atom is 0.251 e.